The first kappa shape index (κ1) is 49.3. The molecule has 0 N–H and O–H groups in total. The normalized spacial score (nSPS) is 11.1. The van der Waals surface area contributed by atoms with Crippen molar-refractivity contribution < 1.29 is 97.2 Å². The molecule has 0 fully saturated rings. The molecule has 0 bridgehead atoms. The lowest BCUT2D eigenvalue weighted by Crippen LogP contribution is -2.81. The minimum atomic E-state index is -7.22. The first-order valence-corrected chi connectivity index (χ1v) is 17.3. The van der Waals surface area contributed by atoms with Crippen molar-refractivity contribution in [2.75, 3.05) is 0 Å². The Kier molecular flexibility index (Phi) is 14.0. The van der Waals surface area contributed by atoms with E-state index in [2.05, 4.69) is 0 Å². The summed E-state index contributed by atoms with van der Waals surface area (Å²) in [6.45, 7) is 0.186. The zero-order chi connectivity index (χ0) is 49.4. The maximum atomic E-state index is 15.4. The van der Waals surface area contributed by atoms with Crippen LogP contribution in [-0.4, -0.2) is 11.9 Å². The van der Waals surface area contributed by atoms with Gasteiger partial charge in [-0.3, -0.25) is 4.79 Å². The van der Waals surface area contributed by atoms with Gasteiger partial charge in [0, 0.05) is 17.7 Å². The molecule has 6 aromatic rings. The number of allylic oxidation sites excluding steroid dienone is 2. The molecule has 0 radical (unpaired) electrons. The number of aromatic nitrogens is 1. The van der Waals surface area contributed by atoms with E-state index >= 15 is 35.1 Å². The van der Waals surface area contributed by atoms with Crippen LogP contribution in [0.4, 0.5) is 87.8 Å². The number of rotatable bonds is 8. The van der Waals surface area contributed by atoms with E-state index in [1.165, 1.54) is 0 Å². The highest BCUT2D eigenvalue weighted by Gasteiger charge is 2.52. The quantitative estimate of drug-likeness (QED) is 0.0227. The fraction of sp³-hybridized carbons (Fsp3) is 0.0244. The van der Waals surface area contributed by atoms with E-state index in [-0.39, 0.29) is 23.5 Å². The van der Waals surface area contributed by atoms with Crippen LogP contribution in [0.3, 0.4) is 0 Å². The Morgan fingerprint density at radius 2 is 0.636 bits per heavy atom. The third kappa shape index (κ3) is 7.83. The molecule has 5 aromatic carbocycles. The zero-order valence-electron chi connectivity index (χ0n) is 31.4. The molecule has 340 valence electrons. The smallest absolute Gasteiger partial charge is 0.200 e. The summed E-state index contributed by atoms with van der Waals surface area (Å²) in [4.78, 5) is 12.5. The van der Waals surface area contributed by atoms with Gasteiger partial charge < -0.3 is 0 Å². The van der Waals surface area contributed by atoms with Crippen LogP contribution < -0.4 is 26.4 Å². The van der Waals surface area contributed by atoms with Crippen molar-refractivity contribution in [3.05, 3.63) is 194 Å². The van der Waals surface area contributed by atoms with E-state index in [1.807, 2.05) is 36.4 Å². The molecule has 0 aliphatic carbocycles. The van der Waals surface area contributed by atoms with Crippen molar-refractivity contribution in [1.29, 1.82) is 10.5 Å². The van der Waals surface area contributed by atoms with Crippen LogP contribution in [-0.2, 0) is 6.54 Å². The van der Waals surface area contributed by atoms with Crippen LogP contribution in [0.5, 0.6) is 0 Å². The predicted molar refractivity (Wildman–Crippen MR) is 185 cm³/mol. The number of nitrogens with zero attached hydrogens (tertiary/aromatic N) is 3. The van der Waals surface area contributed by atoms with Gasteiger partial charge in [0.15, 0.2) is 94.5 Å². The van der Waals surface area contributed by atoms with Crippen LogP contribution in [0.1, 0.15) is 10.4 Å². The molecule has 1 heterocycles. The maximum absolute atomic E-state index is 15.4. The van der Waals surface area contributed by atoms with E-state index in [1.54, 1.807) is 41.2 Å². The second kappa shape index (κ2) is 18.8. The lowest BCUT2D eigenvalue weighted by atomic mass is 9.12. The van der Waals surface area contributed by atoms with Crippen LogP contribution in [0.15, 0.2) is 72.1 Å². The minimum Gasteiger partial charge on any atom is -0.289 e. The van der Waals surface area contributed by atoms with E-state index < -0.39 is 144 Å². The van der Waals surface area contributed by atoms with Crippen LogP contribution in [0.2, 0.25) is 0 Å². The topological polar surface area (TPSA) is 68.5 Å². The third-order valence-corrected chi connectivity index (χ3v) is 9.66. The van der Waals surface area contributed by atoms with Crippen molar-refractivity contribution in [3.8, 4) is 12.1 Å². The van der Waals surface area contributed by atoms with Crippen molar-refractivity contribution in [2.45, 2.75) is 6.54 Å². The average Bonchev–Trinajstić information content (AvgIpc) is 3.32. The number of hydrogen-bond acceptors (Lipinski definition) is 3. The van der Waals surface area contributed by atoms with Gasteiger partial charge in [0.1, 0.15) is 70.4 Å². The zero-order valence-corrected chi connectivity index (χ0v) is 31.4. The Morgan fingerprint density at radius 3 is 0.894 bits per heavy atom. The molecule has 0 aliphatic rings. The first-order valence-electron chi connectivity index (χ1n) is 17.3. The second-order valence-electron chi connectivity index (χ2n) is 13.1. The number of pyridine rings is 1. The van der Waals surface area contributed by atoms with E-state index in [4.69, 9.17) is 10.5 Å². The van der Waals surface area contributed by atoms with Gasteiger partial charge >= 0.3 is 0 Å². The molecule has 0 saturated heterocycles. The lowest BCUT2D eigenvalue weighted by Gasteiger charge is -2.44. The summed E-state index contributed by atoms with van der Waals surface area (Å²) in [6, 6.07) is 17.8. The molecular formula is C41H12BF20N3O. The van der Waals surface area contributed by atoms with Crippen molar-refractivity contribution in [2.24, 2.45) is 0 Å². The SMILES string of the molecule is Fc1c(F)c(F)c([B-](c2c(F)c(F)c(F)c(F)c2F)(c2c(F)c(F)c(F)c(F)c2F)c2c(F)c(F)c(F)c(F)c2F)c(F)c1F.N#CC(C#N)=C(C[n+]1ccccc1)C(=O)c1ccccc1. The Labute approximate surface area is 354 Å². The minimum absolute atomic E-state index is 0.153. The highest BCUT2D eigenvalue weighted by atomic mass is 19.2. The van der Waals surface area contributed by atoms with Crippen molar-refractivity contribution in [1.82, 2.24) is 0 Å². The molecule has 0 saturated carbocycles. The van der Waals surface area contributed by atoms with Crippen LogP contribution >= 0.6 is 0 Å². The average molecular weight is 953 g/mol. The molecule has 66 heavy (non-hydrogen) atoms. The molecule has 0 atom stereocenters. The Hall–Kier alpha value is -7.70. The van der Waals surface area contributed by atoms with Crippen LogP contribution in [0.25, 0.3) is 0 Å². The number of halogens is 20. The Morgan fingerprint density at radius 1 is 0.394 bits per heavy atom. The number of benzene rings is 5. The first-order chi connectivity index (χ1) is 31.0. The summed E-state index contributed by atoms with van der Waals surface area (Å²) in [5.41, 5.74) is -13.8. The standard InChI is InChI=1S/C24BF20.C17H12N3O/c26-5-1(6(27)14(35)21(42)13(5)34)25(2-7(28)15(36)22(43)16(37)8(2)29,3-9(30)17(38)23(44)18(39)10(3)31)4-11(32)19(40)24(45)20(41)12(4)33;18-11-15(12-19)16(13-20-9-5-2-6-10-20)17(21)14-7-3-1-4-8-14/h;1-10H,13H2/q-1;+1. The molecule has 0 amide bonds. The van der Waals surface area contributed by atoms with Gasteiger partial charge in [-0.1, -0.05) is 36.4 Å². The molecule has 0 spiro atoms. The molecular weight excluding hydrogens is 941 g/mol. The second-order valence-corrected chi connectivity index (χ2v) is 13.1. The maximum Gasteiger partial charge on any atom is 0.200 e. The largest absolute Gasteiger partial charge is 0.289 e. The van der Waals surface area contributed by atoms with Crippen molar-refractivity contribution >= 4 is 33.8 Å². The molecule has 0 aliphatic heterocycles. The third-order valence-electron chi connectivity index (χ3n) is 9.66. The summed E-state index contributed by atoms with van der Waals surface area (Å²) >= 11 is 0. The molecule has 6 rings (SSSR count). The summed E-state index contributed by atoms with van der Waals surface area (Å²) in [6.07, 6.45) is -3.65. The Bertz CT molecular complexity index is 2700. The van der Waals surface area contributed by atoms with Crippen LogP contribution in [0, 0.1) is 139 Å². The van der Waals surface area contributed by atoms with Gasteiger partial charge in [0.25, 0.3) is 0 Å². The summed E-state index contributed by atoms with van der Waals surface area (Å²) in [5, 5.41) is 18.2. The number of nitriles is 2. The molecule has 4 nitrogen and oxygen atoms in total. The number of Topliss-reactive ketones (excluding diaryl/α,β-unsaturated/α-hetero) is 1. The predicted octanol–water partition coefficient (Wildman–Crippen LogP) is 8.05. The van der Waals surface area contributed by atoms with Gasteiger partial charge in [-0.15, -0.1) is 21.9 Å². The summed E-state index contributed by atoms with van der Waals surface area (Å²) < 4.78 is 296. The van der Waals surface area contributed by atoms with E-state index in [0.29, 0.717) is 5.56 Å². The molecule has 0 unspecified atom stereocenters. The van der Waals surface area contributed by atoms with Gasteiger partial charge in [-0.2, -0.15) is 10.5 Å². The van der Waals surface area contributed by atoms with Gasteiger partial charge in [0.2, 0.25) is 0 Å². The van der Waals surface area contributed by atoms with Gasteiger partial charge in [0.05, 0.1) is 5.57 Å². The number of hydrogen-bond donors (Lipinski definition) is 0. The summed E-state index contributed by atoms with van der Waals surface area (Å²) in [5.74, 6) is -71.7. The molecule has 25 heteroatoms. The van der Waals surface area contributed by atoms with Gasteiger partial charge in [-0.25, -0.2) is 92.4 Å². The summed E-state index contributed by atoms with van der Waals surface area (Å²) in [7, 11) is 0. The van der Waals surface area contributed by atoms with Crippen molar-refractivity contribution in [3.63, 3.8) is 0 Å². The van der Waals surface area contributed by atoms with E-state index in [0.717, 1.165) is 0 Å². The monoisotopic (exact) mass is 953 g/mol. The lowest BCUT2D eigenvalue weighted by molar-refractivity contribution is -0.688. The van der Waals surface area contributed by atoms with Gasteiger partial charge in [-0.05, 0) is 0 Å². The Balaban J connectivity index is 0.000000324. The fourth-order valence-corrected chi connectivity index (χ4v) is 6.78. The highest BCUT2D eigenvalue weighted by Crippen LogP contribution is 2.31. The highest BCUT2D eigenvalue weighted by molar-refractivity contribution is 7.20. The van der Waals surface area contributed by atoms with E-state index in [9.17, 15) is 57.5 Å². The fourth-order valence-electron chi connectivity index (χ4n) is 6.78. The number of carbonyl (C=O) groups is 1. The number of ketones is 1. The molecule has 1 aromatic heterocycles. The number of carbonyl (C=O) groups excluding carboxylic acids is 1.